The SMILES string of the molecule is CCCc1nc(Cl)c(C)c(NCC2(OC)CCC2)n1. The van der Waals surface area contributed by atoms with Gasteiger partial charge in [-0.15, -0.1) is 0 Å². The molecule has 5 heteroatoms. The molecule has 0 atom stereocenters. The lowest BCUT2D eigenvalue weighted by atomic mass is 9.80. The maximum absolute atomic E-state index is 6.16. The summed E-state index contributed by atoms with van der Waals surface area (Å²) in [5.41, 5.74) is 0.890. The van der Waals surface area contributed by atoms with E-state index in [1.54, 1.807) is 7.11 Å². The van der Waals surface area contributed by atoms with Gasteiger partial charge in [0.15, 0.2) is 0 Å². The largest absolute Gasteiger partial charge is 0.376 e. The van der Waals surface area contributed by atoms with Crippen LogP contribution in [0.25, 0.3) is 0 Å². The number of aryl methyl sites for hydroxylation is 1. The fraction of sp³-hybridized carbons (Fsp3) is 0.714. The number of rotatable bonds is 6. The number of nitrogens with zero attached hydrogens (tertiary/aromatic N) is 2. The second-order valence-corrected chi connectivity index (χ2v) is 5.61. The van der Waals surface area contributed by atoms with Crippen LogP contribution in [0.5, 0.6) is 0 Å². The number of hydrogen-bond acceptors (Lipinski definition) is 4. The average Bonchev–Trinajstić information content (AvgIpc) is 2.34. The van der Waals surface area contributed by atoms with Crippen LogP contribution >= 0.6 is 11.6 Å². The first-order valence-corrected chi connectivity index (χ1v) is 7.30. The van der Waals surface area contributed by atoms with E-state index in [9.17, 15) is 0 Å². The second kappa shape index (κ2) is 6.06. The van der Waals surface area contributed by atoms with Crippen molar-refractivity contribution in [1.29, 1.82) is 0 Å². The molecule has 0 radical (unpaired) electrons. The van der Waals surface area contributed by atoms with E-state index in [-0.39, 0.29) is 5.60 Å². The van der Waals surface area contributed by atoms with E-state index in [0.717, 1.165) is 49.4 Å². The van der Waals surface area contributed by atoms with E-state index in [1.165, 1.54) is 6.42 Å². The van der Waals surface area contributed by atoms with Gasteiger partial charge in [0.05, 0.1) is 5.60 Å². The average molecular weight is 284 g/mol. The van der Waals surface area contributed by atoms with Crippen molar-refractivity contribution in [1.82, 2.24) is 9.97 Å². The number of hydrogen-bond donors (Lipinski definition) is 1. The standard InChI is InChI=1S/C14H22ClN3O/c1-4-6-11-17-12(15)10(2)13(18-11)16-9-14(19-3)7-5-8-14/h4-9H2,1-3H3,(H,16,17,18). The van der Waals surface area contributed by atoms with Gasteiger partial charge in [-0.25, -0.2) is 9.97 Å². The van der Waals surface area contributed by atoms with Gasteiger partial charge in [-0.2, -0.15) is 0 Å². The molecular weight excluding hydrogens is 262 g/mol. The highest BCUT2D eigenvalue weighted by Crippen LogP contribution is 2.35. The third kappa shape index (κ3) is 3.18. The summed E-state index contributed by atoms with van der Waals surface area (Å²) in [4.78, 5) is 8.86. The summed E-state index contributed by atoms with van der Waals surface area (Å²) in [6.45, 7) is 4.84. The summed E-state index contributed by atoms with van der Waals surface area (Å²) in [5, 5.41) is 3.93. The highest BCUT2D eigenvalue weighted by molar-refractivity contribution is 6.30. The minimum Gasteiger partial charge on any atom is -0.376 e. The number of aromatic nitrogens is 2. The zero-order valence-corrected chi connectivity index (χ0v) is 12.7. The lowest BCUT2D eigenvalue weighted by Gasteiger charge is -2.40. The number of nitrogens with one attached hydrogen (secondary N) is 1. The number of anilines is 1. The summed E-state index contributed by atoms with van der Waals surface area (Å²) < 4.78 is 5.60. The van der Waals surface area contributed by atoms with Gasteiger partial charge in [0.2, 0.25) is 0 Å². The Labute approximate surface area is 119 Å². The third-order valence-corrected chi connectivity index (χ3v) is 4.25. The predicted molar refractivity (Wildman–Crippen MR) is 77.9 cm³/mol. The van der Waals surface area contributed by atoms with Crippen molar-refractivity contribution in [3.05, 3.63) is 16.5 Å². The summed E-state index contributed by atoms with van der Waals surface area (Å²) in [7, 11) is 1.78. The predicted octanol–water partition coefficient (Wildman–Crippen LogP) is 3.37. The Kier molecular flexibility index (Phi) is 4.63. The Morgan fingerprint density at radius 2 is 2.11 bits per heavy atom. The smallest absolute Gasteiger partial charge is 0.137 e. The quantitative estimate of drug-likeness (QED) is 0.813. The first-order chi connectivity index (χ1) is 9.10. The first-order valence-electron chi connectivity index (χ1n) is 6.92. The molecule has 1 fully saturated rings. The number of ether oxygens (including phenoxy) is 1. The molecule has 1 aliphatic carbocycles. The summed E-state index contributed by atoms with van der Waals surface area (Å²) in [6, 6.07) is 0. The molecule has 1 saturated carbocycles. The van der Waals surface area contributed by atoms with Crippen LogP contribution in [-0.4, -0.2) is 29.2 Å². The Bertz CT molecular complexity index is 441. The second-order valence-electron chi connectivity index (χ2n) is 5.25. The molecule has 1 heterocycles. The van der Waals surface area contributed by atoms with Crippen molar-refractivity contribution in [2.75, 3.05) is 19.0 Å². The Morgan fingerprint density at radius 3 is 2.63 bits per heavy atom. The van der Waals surface area contributed by atoms with Gasteiger partial charge in [0.1, 0.15) is 16.8 Å². The van der Waals surface area contributed by atoms with Crippen LogP contribution in [0.1, 0.15) is 44.0 Å². The van der Waals surface area contributed by atoms with Crippen molar-refractivity contribution in [3.8, 4) is 0 Å². The van der Waals surface area contributed by atoms with E-state index in [1.807, 2.05) is 6.92 Å². The first kappa shape index (κ1) is 14.5. The zero-order chi connectivity index (χ0) is 13.9. The topological polar surface area (TPSA) is 47.0 Å². The van der Waals surface area contributed by atoms with Gasteiger partial charge < -0.3 is 10.1 Å². The van der Waals surface area contributed by atoms with Gasteiger partial charge in [0.25, 0.3) is 0 Å². The van der Waals surface area contributed by atoms with Crippen LogP contribution in [0.15, 0.2) is 0 Å². The molecule has 19 heavy (non-hydrogen) atoms. The van der Waals surface area contributed by atoms with Crippen molar-refractivity contribution in [2.45, 2.75) is 51.6 Å². The molecule has 0 amide bonds. The fourth-order valence-electron chi connectivity index (χ4n) is 2.31. The summed E-state index contributed by atoms with van der Waals surface area (Å²) in [6.07, 6.45) is 5.32. The molecule has 0 unspecified atom stereocenters. The normalized spacial score (nSPS) is 17.1. The molecule has 4 nitrogen and oxygen atoms in total. The maximum Gasteiger partial charge on any atom is 0.137 e. The van der Waals surface area contributed by atoms with Crippen LogP contribution in [0.2, 0.25) is 5.15 Å². The number of methoxy groups -OCH3 is 1. The minimum atomic E-state index is -0.0191. The Morgan fingerprint density at radius 1 is 1.37 bits per heavy atom. The molecule has 0 spiro atoms. The Balaban J connectivity index is 2.10. The molecule has 0 aromatic carbocycles. The van der Waals surface area contributed by atoms with E-state index >= 15 is 0 Å². The fourth-order valence-corrected chi connectivity index (χ4v) is 2.50. The molecule has 1 N–H and O–H groups in total. The van der Waals surface area contributed by atoms with Crippen LogP contribution in [-0.2, 0) is 11.2 Å². The van der Waals surface area contributed by atoms with E-state index in [2.05, 4.69) is 22.2 Å². The molecule has 0 aliphatic heterocycles. The van der Waals surface area contributed by atoms with Crippen LogP contribution in [0, 0.1) is 6.92 Å². The third-order valence-electron chi connectivity index (χ3n) is 3.88. The molecule has 106 valence electrons. The van der Waals surface area contributed by atoms with Gasteiger partial charge in [0, 0.05) is 25.6 Å². The van der Waals surface area contributed by atoms with Crippen LogP contribution < -0.4 is 5.32 Å². The molecular formula is C14H22ClN3O. The Hall–Kier alpha value is -0.870. The highest BCUT2D eigenvalue weighted by atomic mass is 35.5. The zero-order valence-electron chi connectivity index (χ0n) is 11.9. The van der Waals surface area contributed by atoms with E-state index in [4.69, 9.17) is 16.3 Å². The van der Waals surface area contributed by atoms with Crippen molar-refractivity contribution >= 4 is 17.4 Å². The molecule has 1 aliphatic rings. The van der Waals surface area contributed by atoms with E-state index < -0.39 is 0 Å². The van der Waals surface area contributed by atoms with Gasteiger partial charge >= 0.3 is 0 Å². The lowest BCUT2D eigenvalue weighted by molar-refractivity contribution is -0.0601. The van der Waals surface area contributed by atoms with Crippen LogP contribution in [0.4, 0.5) is 5.82 Å². The maximum atomic E-state index is 6.16. The van der Waals surface area contributed by atoms with Crippen molar-refractivity contribution < 1.29 is 4.74 Å². The molecule has 1 aromatic rings. The van der Waals surface area contributed by atoms with Crippen molar-refractivity contribution in [2.24, 2.45) is 0 Å². The molecule has 1 aromatic heterocycles. The number of halogens is 1. The summed E-state index contributed by atoms with van der Waals surface area (Å²) in [5.74, 6) is 1.65. The molecule has 0 saturated heterocycles. The summed E-state index contributed by atoms with van der Waals surface area (Å²) >= 11 is 6.16. The van der Waals surface area contributed by atoms with Crippen molar-refractivity contribution in [3.63, 3.8) is 0 Å². The minimum absolute atomic E-state index is 0.0191. The lowest BCUT2D eigenvalue weighted by Crippen LogP contribution is -2.45. The van der Waals surface area contributed by atoms with Gasteiger partial charge in [-0.05, 0) is 32.6 Å². The van der Waals surface area contributed by atoms with Crippen LogP contribution in [0.3, 0.4) is 0 Å². The molecule has 2 rings (SSSR count). The monoisotopic (exact) mass is 283 g/mol. The molecule has 0 bridgehead atoms. The highest BCUT2D eigenvalue weighted by Gasteiger charge is 2.36. The van der Waals surface area contributed by atoms with Gasteiger partial charge in [-0.3, -0.25) is 0 Å². The van der Waals surface area contributed by atoms with E-state index in [0.29, 0.717) is 5.15 Å². The van der Waals surface area contributed by atoms with Gasteiger partial charge in [-0.1, -0.05) is 18.5 Å².